The van der Waals surface area contributed by atoms with Crippen LogP contribution in [-0.4, -0.2) is 24.1 Å². The number of hydrogen-bond acceptors (Lipinski definition) is 4. The second kappa shape index (κ2) is 9.51. The third-order valence-electron chi connectivity index (χ3n) is 10.8. The molecule has 0 aromatic heterocycles. The summed E-state index contributed by atoms with van der Waals surface area (Å²) < 4.78 is 20.0. The SMILES string of the molecule is CC[C@H]1CC[C@@H]2[C@H](CC[C@]3(C)[C@@H](C(=O)COc4ccc(C#N)cc4F)C4C(C)C4[C@@H]23)[C@H]1CCCO. The number of aliphatic hydroxyl groups is 1. The van der Waals surface area contributed by atoms with E-state index in [0.717, 1.165) is 37.2 Å². The third-order valence-corrected chi connectivity index (χ3v) is 10.8. The number of nitriles is 1. The zero-order valence-corrected chi connectivity index (χ0v) is 21.4. The first-order valence-corrected chi connectivity index (χ1v) is 13.8. The highest BCUT2D eigenvalue weighted by molar-refractivity contribution is 5.85. The highest BCUT2D eigenvalue weighted by Gasteiger charge is 2.73. The lowest BCUT2D eigenvalue weighted by atomic mass is 9.49. The second-order valence-electron chi connectivity index (χ2n) is 12.2. The maximum Gasteiger partial charge on any atom is 0.174 e. The van der Waals surface area contributed by atoms with Crippen LogP contribution < -0.4 is 4.74 Å². The number of ether oxygens (including phenoxy) is 1. The van der Waals surface area contributed by atoms with Gasteiger partial charge in [0.1, 0.15) is 6.61 Å². The molecule has 190 valence electrons. The Morgan fingerprint density at radius 3 is 2.74 bits per heavy atom. The summed E-state index contributed by atoms with van der Waals surface area (Å²) in [6.07, 6.45) is 8.11. The second-order valence-corrected chi connectivity index (χ2v) is 12.2. The number of carbonyl (C=O) groups excluding carboxylic acids is 1. The first kappa shape index (κ1) is 24.8. The Morgan fingerprint density at radius 2 is 2.06 bits per heavy atom. The standard InChI is InChI=1S/C30H40FNO3/c1-4-19-8-9-22-21(20(19)6-5-13-33)11-12-30(3)28(22)26-17(2)27(26)29(30)24(34)16-35-25-10-7-18(15-32)14-23(25)31/h7,10,14,17,19-22,26-29,33H,4-6,8-9,11-13,16H2,1-3H3/t17?,19-,20-,21+,22+,26?,27?,28+,29-,30-/m0/s1. The molecular weight excluding hydrogens is 441 g/mol. The number of halogens is 1. The van der Waals surface area contributed by atoms with Crippen LogP contribution in [0.15, 0.2) is 18.2 Å². The monoisotopic (exact) mass is 481 g/mol. The normalized spacial score (nSPS) is 41.3. The number of fused-ring (bicyclic) bond motifs is 5. The van der Waals surface area contributed by atoms with Crippen molar-refractivity contribution in [3.63, 3.8) is 0 Å². The van der Waals surface area contributed by atoms with Crippen LogP contribution >= 0.6 is 0 Å². The van der Waals surface area contributed by atoms with Gasteiger partial charge in [-0.1, -0.05) is 27.2 Å². The molecule has 0 amide bonds. The molecule has 35 heavy (non-hydrogen) atoms. The van der Waals surface area contributed by atoms with Crippen LogP contribution in [0.3, 0.4) is 0 Å². The van der Waals surface area contributed by atoms with Gasteiger partial charge in [-0.25, -0.2) is 4.39 Å². The van der Waals surface area contributed by atoms with Crippen LogP contribution in [-0.2, 0) is 4.79 Å². The maximum atomic E-state index is 14.3. The van der Waals surface area contributed by atoms with Crippen molar-refractivity contribution in [2.75, 3.05) is 13.2 Å². The summed E-state index contributed by atoms with van der Waals surface area (Å²) >= 11 is 0. The average molecular weight is 482 g/mol. The lowest BCUT2D eigenvalue weighted by Crippen LogP contribution is -2.51. The zero-order valence-electron chi connectivity index (χ0n) is 21.4. The topological polar surface area (TPSA) is 70.3 Å². The molecule has 0 spiro atoms. The van der Waals surface area contributed by atoms with Crippen molar-refractivity contribution in [1.29, 1.82) is 5.26 Å². The first-order valence-electron chi connectivity index (χ1n) is 13.8. The van der Waals surface area contributed by atoms with Gasteiger partial charge in [0.2, 0.25) is 0 Å². The Balaban J connectivity index is 1.34. The highest BCUT2D eigenvalue weighted by Crippen LogP contribution is 2.76. The molecule has 0 aliphatic heterocycles. The highest BCUT2D eigenvalue weighted by atomic mass is 19.1. The van der Waals surface area contributed by atoms with Crippen LogP contribution in [0.2, 0.25) is 0 Å². The Kier molecular flexibility index (Phi) is 6.72. The largest absolute Gasteiger partial charge is 0.483 e. The van der Waals surface area contributed by atoms with E-state index < -0.39 is 5.82 Å². The Morgan fingerprint density at radius 1 is 1.26 bits per heavy atom. The Labute approximate surface area is 209 Å². The molecule has 1 N–H and O–H groups in total. The van der Waals surface area contributed by atoms with E-state index in [9.17, 15) is 14.3 Å². The predicted octanol–water partition coefficient (Wildman–Crippen LogP) is 6.01. The van der Waals surface area contributed by atoms with Gasteiger partial charge < -0.3 is 9.84 Å². The van der Waals surface area contributed by atoms with Crippen molar-refractivity contribution in [2.45, 2.75) is 65.7 Å². The number of Topliss-reactive ketones (excluding diaryl/α,β-unsaturated/α-hetero) is 1. The van der Waals surface area contributed by atoms with Crippen LogP contribution in [0, 0.1) is 75.8 Å². The molecule has 0 saturated heterocycles. The van der Waals surface area contributed by atoms with Gasteiger partial charge in [-0.3, -0.25) is 4.79 Å². The molecule has 4 aliphatic carbocycles. The number of rotatable bonds is 8. The van der Waals surface area contributed by atoms with Gasteiger partial charge in [0, 0.05) is 12.5 Å². The van der Waals surface area contributed by atoms with Crippen LogP contribution in [0.25, 0.3) is 0 Å². The van der Waals surface area contributed by atoms with Gasteiger partial charge >= 0.3 is 0 Å². The van der Waals surface area contributed by atoms with Crippen molar-refractivity contribution in [3.8, 4) is 11.8 Å². The summed E-state index contributed by atoms with van der Waals surface area (Å²) in [5.41, 5.74) is 0.251. The third kappa shape index (κ3) is 4.01. The fourth-order valence-corrected chi connectivity index (χ4v) is 9.45. The molecule has 4 aliphatic rings. The van der Waals surface area contributed by atoms with Gasteiger partial charge in [-0.15, -0.1) is 0 Å². The molecular formula is C30H40FNO3. The molecule has 0 bridgehead atoms. The number of aliphatic hydroxyl groups excluding tert-OH is 1. The molecule has 1 aromatic rings. The summed E-state index contributed by atoms with van der Waals surface area (Å²) in [5.74, 6) is 4.70. The van der Waals surface area contributed by atoms with E-state index in [-0.39, 0.29) is 41.6 Å². The van der Waals surface area contributed by atoms with E-state index in [4.69, 9.17) is 10.00 Å². The van der Waals surface area contributed by atoms with Gasteiger partial charge in [-0.2, -0.15) is 5.26 Å². The van der Waals surface area contributed by atoms with Crippen molar-refractivity contribution in [3.05, 3.63) is 29.6 Å². The molecule has 0 radical (unpaired) electrons. The van der Waals surface area contributed by atoms with E-state index >= 15 is 0 Å². The lowest BCUT2D eigenvalue weighted by molar-refractivity contribution is -0.135. The average Bonchev–Trinajstić information content (AvgIpc) is 3.38. The van der Waals surface area contributed by atoms with Gasteiger partial charge in [0.05, 0.1) is 11.6 Å². The number of hydrogen-bond donors (Lipinski definition) is 1. The molecule has 4 fully saturated rings. The summed E-state index contributed by atoms with van der Waals surface area (Å²) in [4.78, 5) is 13.6. The molecule has 4 nitrogen and oxygen atoms in total. The fourth-order valence-electron chi connectivity index (χ4n) is 9.45. The Bertz CT molecular complexity index is 1000. The maximum absolute atomic E-state index is 14.3. The van der Waals surface area contributed by atoms with Crippen LogP contribution in [0.5, 0.6) is 5.75 Å². The molecule has 0 heterocycles. The van der Waals surface area contributed by atoms with Crippen molar-refractivity contribution in [1.82, 2.24) is 0 Å². The first-order chi connectivity index (χ1) is 16.8. The number of benzene rings is 1. The fraction of sp³-hybridized carbons (Fsp3) is 0.733. The van der Waals surface area contributed by atoms with E-state index in [1.165, 1.54) is 37.8 Å². The van der Waals surface area contributed by atoms with Gasteiger partial charge in [-0.05, 0) is 109 Å². The minimum Gasteiger partial charge on any atom is -0.483 e. The number of nitrogens with zero attached hydrogens (tertiary/aromatic N) is 1. The molecule has 4 saturated carbocycles. The van der Waals surface area contributed by atoms with Crippen molar-refractivity contribution >= 4 is 5.78 Å². The van der Waals surface area contributed by atoms with Gasteiger partial charge in [0.15, 0.2) is 17.3 Å². The van der Waals surface area contributed by atoms with Crippen molar-refractivity contribution < 1.29 is 19.0 Å². The lowest BCUT2D eigenvalue weighted by Gasteiger charge is -2.56. The van der Waals surface area contributed by atoms with E-state index in [0.29, 0.717) is 35.5 Å². The predicted molar refractivity (Wildman–Crippen MR) is 132 cm³/mol. The van der Waals surface area contributed by atoms with E-state index in [1.54, 1.807) is 0 Å². The minimum atomic E-state index is -0.591. The van der Waals surface area contributed by atoms with E-state index in [2.05, 4.69) is 20.8 Å². The molecule has 5 rings (SSSR count). The molecule has 10 atom stereocenters. The number of carbonyl (C=O) groups is 1. The minimum absolute atomic E-state index is 0.00492. The van der Waals surface area contributed by atoms with Crippen LogP contribution in [0.1, 0.15) is 71.3 Å². The Hall–Kier alpha value is -1.93. The number of ketones is 1. The van der Waals surface area contributed by atoms with Gasteiger partial charge in [0.25, 0.3) is 0 Å². The van der Waals surface area contributed by atoms with E-state index in [1.807, 2.05) is 6.07 Å². The summed E-state index contributed by atoms with van der Waals surface area (Å²) in [5, 5.41) is 18.5. The molecule has 5 heteroatoms. The summed E-state index contributed by atoms with van der Waals surface area (Å²) in [6.45, 7) is 7.19. The zero-order chi connectivity index (χ0) is 24.9. The van der Waals surface area contributed by atoms with Crippen molar-refractivity contribution in [2.24, 2.45) is 58.7 Å². The smallest absolute Gasteiger partial charge is 0.174 e. The summed E-state index contributed by atoms with van der Waals surface area (Å²) in [7, 11) is 0. The quantitative estimate of drug-likeness (QED) is 0.493. The van der Waals surface area contributed by atoms with Crippen LogP contribution in [0.4, 0.5) is 4.39 Å². The molecule has 1 aromatic carbocycles. The summed E-state index contributed by atoms with van der Waals surface area (Å²) in [6, 6.07) is 6.06. The molecule has 3 unspecified atom stereocenters.